The van der Waals surface area contributed by atoms with E-state index in [0.717, 1.165) is 38.0 Å². The molecule has 0 aromatic heterocycles. The molecule has 30 heavy (non-hydrogen) atoms. The van der Waals surface area contributed by atoms with Crippen LogP contribution in [0, 0.1) is 5.41 Å². The summed E-state index contributed by atoms with van der Waals surface area (Å²) in [7, 11) is 0. The number of carbonyl (C=O) groups is 1. The van der Waals surface area contributed by atoms with Crippen LogP contribution in [0.5, 0.6) is 0 Å². The molecule has 3 rings (SSSR count). The highest BCUT2D eigenvalue weighted by Crippen LogP contribution is 2.38. The fourth-order valence-electron chi connectivity index (χ4n) is 4.79. The van der Waals surface area contributed by atoms with Crippen molar-refractivity contribution in [3.63, 3.8) is 0 Å². The molecule has 1 saturated carbocycles. The Hall–Kier alpha value is -0.850. The van der Waals surface area contributed by atoms with Crippen LogP contribution < -0.4 is 11.1 Å². The van der Waals surface area contributed by atoms with Gasteiger partial charge < -0.3 is 15.8 Å². The summed E-state index contributed by atoms with van der Waals surface area (Å²) in [4.78, 5) is 14.9. The van der Waals surface area contributed by atoms with Crippen molar-refractivity contribution in [3.05, 3.63) is 35.4 Å². The van der Waals surface area contributed by atoms with Crippen molar-refractivity contribution in [2.45, 2.75) is 77.7 Å². The number of hydrogen-bond donors (Lipinski definition) is 2. The van der Waals surface area contributed by atoms with Gasteiger partial charge in [-0.15, -0.1) is 24.8 Å². The second-order valence-corrected chi connectivity index (χ2v) is 8.99. The number of rotatable bonds is 7. The monoisotopic (exact) mass is 459 g/mol. The summed E-state index contributed by atoms with van der Waals surface area (Å²) in [6.45, 7) is 8.38. The number of ether oxygens (including phenoxy) is 1. The van der Waals surface area contributed by atoms with Gasteiger partial charge in [-0.05, 0) is 49.8 Å². The van der Waals surface area contributed by atoms with Crippen molar-refractivity contribution >= 4 is 30.7 Å². The van der Waals surface area contributed by atoms with Gasteiger partial charge in [0.05, 0.1) is 12.2 Å². The summed E-state index contributed by atoms with van der Waals surface area (Å²) in [6, 6.07) is 8.61. The van der Waals surface area contributed by atoms with E-state index >= 15 is 0 Å². The maximum Gasteiger partial charge on any atom is 0.220 e. The minimum atomic E-state index is 0. The fraction of sp³-hybridized carbons (Fsp3) is 0.696. The fourth-order valence-corrected chi connectivity index (χ4v) is 4.79. The Labute approximate surface area is 194 Å². The van der Waals surface area contributed by atoms with E-state index < -0.39 is 0 Å². The van der Waals surface area contributed by atoms with Crippen LogP contribution in [0.25, 0.3) is 0 Å². The molecule has 172 valence electrons. The Morgan fingerprint density at radius 3 is 2.20 bits per heavy atom. The first-order valence-corrected chi connectivity index (χ1v) is 10.9. The lowest BCUT2D eigenvalue weighted by Crippen LogP contribution is -2.44. The smallest absolute Gasteiger partial charge is 0.220 e. The van der Waals surface area contributed by atoms with Crippen LogP contribution in [-0.4, -0.2) is 42.6 Å². The first kappa shape index (κ1) is 27.2. The predicted molar refractivity (Wildman–Crippen MR) is 127 cm³/mol. The van der Waals surface area contributed by atoms with Crippen LogP contribution in [0.2, 0.25) is 0 Å². The highest BCUT2D eigenvalue weighted by Gasteiger charge is 2.32. The van der Waals surface area contributed by atoms with Gasteiger partial charge in [0.15, 0.2) is 0 Å². The molecule has 1 aliphatic carbocycles. The zero-order valence-corrected chi connectivity index (χ0v) is 20.0. The number of nitrogens with one attached hydrogen (secondary N) is 1. The molecule has 0 radical (unpaired) electrons. The molecule has 1 amide bonds. The summed E-state index contributed by atoms with van der Waals surface area (Å²) in [6.07, 6.45) is 7.00. The Bertz CT molecular complexity index is 626. The quantitative estimate of drug-likeness (QED) is 0.644. The highest BCUT2D eigenvalue weighted by molar-refractivity contribution is 5.85. The van der Waals surface area contributed by atoms with Crippen LogP contribution in [0.4, 0.5) is 0 Å². The number of amides is 1. The molecule has 2 aliphatic rings. The number of hydrogen-bond acceptors (Lipinski definition) is 4. The van der Waals surface area contributed by atoms with Gasteiger partial charge in [0.25, 0.3) is 0 Å². The van der Waals surface area contributed by atoms with E-state index in [1.165, 1.54) is 24.8 Å². The molecule has 2 unspecified atom stereocenters. The third-order valence-corrected chi connectivity index (χ3v) is 6.30. The molecule has 0 bridgehead atoms. The molecule has 1 heterocycles. The van der Waals surface area contributed by atoms with Gasteiger partial charge in [-0.25, -0.2) is 0 Å². The van der Waals surface area contributed by atoms with Gasteiger partial charge in [-0.3, -0.25) is 9.69 Å². The first-order valence-electron chi connectivity index (χ1n) is 10.9. The summed E-state index contributed by atoms with van der Waals surface area (Å²) < 4.78 is 5.81. The first-order chi connectivity index (χ1) is 13.5. The molecule has 1 aromatic rings. The van der Waals surface area contributed by atoms with E-state index in [0.29, 0.717) is 31.7 Å². The van der Waals surface area contributed by atoms with Crippen LogP contribution in [0.1, 0.15) is 63.5 Å². The Balaban J connectivity index is 0.00000225. The lowest BCUT2D eigenvalue weighted by molar-refractivity contribution is -0.124. The topological polar surface area (TPSA) is 67.6 Å². The third kappa shape index (κ3) is 8.01. The minimum absolute atomic E-state index is 0. The summed E-state index contributed by atoms with van der Waals surface area (Å²) in [5, 5.41) is 3.10. The molecule has 1 aromatic carbocycles. The van der Waals surface area contributed by atoms with E-state index in [1.54, 1.807) is 0 Å². The number of morpholine rings is 1. The zero-order valence-electron chi connectivity index (χ0n) is 18.4. The zero-order chi connectivity index (χ0) is 20.0. The van der Waals surface area contributed by atoms with Crippen LogP contribution in [0.3, 0.4) is 0 Å². The predicted octanol–water partition coefficient (Wildman–Crippen LogP) is 4.05. The SMILES string of the molecule is CC1CN(Cc2ccc(CNC(=O)CC3(CN)CCCCC3)cc2)CC(C)O1.Cl.Cl. The number of nitrogens with two attached hydrogens (primary N) is 1. The second-order valence-electron chi connectivity index (χ2n) is 8.99. The van der Waals surface area contributed by atoms with E-state index in [-0.39, 0.29) is 36.1 Å². The van der Waals surface area contributed by atoms with Crippen LogP contribution >= 0.6 is 24.8 Å². The molecular weight excluding hydrogens is 421 g/mol. The maximum atomic E-state index is 12.5. The van der Waals surface area contributed by atoms with Gasteiger partial charge >= 0.3 is 0 Å². The van der Waals surface area contributed by atoms with Gasteiger partial charge in [-0.1, -0.05) is 43.5 Å². The molecule has 7 heteroatoms. The van der Waals surface area contributed by atoms with Crippen molar-refractivity contribution in [1.29, 1.82) is 0 Å². The normalized spacial score (nSPS) is 23.7. The minimum Gasteiger partial charge on any atom is -0.373 e. The van der Waals surface area contributed by atoms with E-state index in [9.17, 15) is 4.79 Å². The van der Waals surface area contributed by atoms with Gasteiger partial charge in [0.1, 0.15) is 0 Å². The van der Waals surface area contributed by atoms with Crippen molar-refractivity contribution in [2.24, 2.45) is 11.1 Å². The third-order valence-electron chi connectivity index (χ3n) is 6.30. The largest absolute Gasteiger partial charge is 0.373 e. The van der Waals surface area contributed by atoms with Crippen LogP contribution in [0.15, 0.2) is 24.3 Å². The average molecular weight is 460 g/mol. The van der Waals surface area contributed by atoms with Crippen molar-refractivity contribution in [1.82, 2.24) is 10.2 Å². The van der Waals surface area contributed by atoms with E-state index in [4.69, 9.17) is 10.5 Å². The van der Waals surface area contributed by atoms with Crippen molar-refractivity contribution in [2.75, 3.05) is 19.6 Å². The Morgan fingerprint density at radius 1 is 1.07 bits per heavy atom. The highest BCUT2D eigenvalue weighted by atomic mass is 35.5. The van der Waals surface area contributed by atoms with Gasteiger partial charge in [0, 0.05) is 32.6 Å². The summed E-state index contributed by atoms with van der Waals surface area (Å²) >= 11 is 0. The number of halogens is 2. The molecule has 5 nitrogen and oxygen atoms in total. The molecule has 1 saturated heterocycles. The lowest BCUT2D eigenvalue weighted by atomic mass is 9.71. The molecule has 2 fully saturated rings. The van der Waals surface area contributed by atoms with Gasteiger partial charge in [-0.2, -0.15) is 0 Å². The summed E-state index contributed by atoms with van der Waals surface area (Å²) in [5.74, 6) is 0.132. The molecular formula is C23H39Cl2N3O2. The standard InChI is InChI=1S/C23H37N3O2.2ClH/c1-18-14-26(15-19(2)28-18)16-21-8-6-20(7-9-21)13-25-22(27)12-23(17-24)10-4-3-5-11-23;;/h6-9,18-19H,3-5,10-17,24H2,1-2H3,(H,25,27);2*1H. The van der Waals surface area contributed by atoms with Gasteiger partial charge in [0.2, 0.25) is 5.91 Å². The number of benzene rings is 1. The molecule has 2 atom stereocenters. The molecule has 0 spiro atoms. The average Bonchev–Trinajstić information content (AvgIpc) is 2.67. The Kier molecular flexibility index (Phi) is 11.7. The van der Waals surface area contributed by atoms with Crippen molar-refractivity contribution < 1.29 is 9.53 Å². The number of nitrogens with zero attached hydrogens (tertiary/aromatic N) is 1. The van der Waals surface area contributed by atoms with Crippen molar-refractivity contribution in [3.8, 4) is 0 Å². The lowest BCUT2D eigenvalue weighted by Gasteiger charge is -2.35. The second kappa shape index (κ2) is 12.9. The number of carbonyl (C=O) groups excluding carboxylic acids is 1. The Morgan fingerprint density at radius 2 is 1.63 bits per heavy atom. The van der Waals surface area contributed by atoms with Crippen LogP contribution in [-0.2, 0) is 22.6 Å². The summed E-state index contributed by atoms with van der Waals surface area (Å²) in [5.41, 5.74) is 8.49. The molecule has 3 N–H and O–H groups in total. The van der Waals surface area contributed by atoms with E-state index in [1.807, 2.05) is 0 Å². The maximum absolute atomic E-state index is 12.5. The van der Waals surface area contributed by atoms with E-state index in [2.05, 4.69) is 48.3 Å². The molecule has 1 aliphatic heterocycles.